The molecule has 1 aromatic heterocycles. The first kappa shape index (κ1) is 17.1. The highest BCUT2D eigenvalue weighted by molar-refractivity contribution is 6.04. The van der Waals surface area contributed by atoms with E-state index in [1.54, 1.807) is 18.5 Å². The fourth-order valence-corrected chi connectivity index (χ4v) is 2.59. The van der Waals surface area contributed by atoms with Gasteiger partial charge in [0.25, 0.3) is 5.91 Å². The molecule has 2 atom stereocenters. The summed E-state index contributed by atoms with van der Waals surface area (Å²) in [5, 5.41) is 13.3. The van der Waals surface area contributed by atoms with E-state index in [0.29, 0.717) is 17.4 Å². The molecule has 2 N–H and O–H groups in total. The number of hydrogen-bond acceptors (Lipinski definition) is 4. The lowest BCUT2D eigenvalue weighted by Gasteiger charge is -2.12. The minimum Gasteiger partial charge on any atom is -0.345 e. The Morgan fingerprint density at radius 3 is 2.68 bits per heavy atom. The van der Waals surface area contributed by atoms with Crippen molar-refractivity contribution in [3.63, 3.8) is 0 Å². The quantitative estimate of drug-likeness (QED) is 0.865. The first-order valence-electron chi connectivity index (χ1n) is 8.10. The number of anilines is 1. The van der Waals surface area contributed by atoms with Crippen LogP contribution >= 0.6 is 0 Å². The number of rotatable bonds is 5. The normalized spacial score (nSPS) is 18.7. The zero-order chi connectivity index (χ0) is 18.1. The largest absolute Gasteiger partial charge is 0.345 e. The van der Waals surface area contributed by atoms with Crippen molar-refractivity contribution in [2.45, 2.75) is 26.8 Å². The van der Waals surface area contributed by atoms with Crippen molar-refractivity contribution in [3.05, 3.63) is 41.2 Å². The smallest absolute Gasteiger partial charge is 0.253 e. The van der Waals surface area contributed by atoms with E-state index in [2.05, 4.69) is 20.8 Å². The van der Waals surface area contributed by atoms with Crippen LogP contribution in [0, 0.1) is 24.6 Å². The number of halogens is 1. The van der Waals surface area contributed by atoms with E-state index in [1.807, 2.05) is 6.92 Å². The summed E-state index contributed by atoms with van der Waals surface area (Å²) in [5.41, 5.74) is 0.387. The molecule has 8 heteroatoms. The maximum Gasteiger partial charge on any atom is 0.253 e. The first-order chi connectivity index (χ1) is 11.9. The van der Waals surface area contributed by atoms with Gasteiger partial charge in [-0.3, -0.25) is 9.59 Å². The number of hydrogen-bond donors (Lipinski definition) is 2. The van der Waals surface area contributed by atoms with Gasteiger partial charge in [-0.25, -0.2) is 4.39 Å². The van der Waals surface area contributed by atoms with Crippen LogP contribution in [-0.4, -0.2) is 26.6 Å². The van der Waals surface area contributed by atoms with Crippen LogP contribution in [0.4, 0.5) is 10.1 Å². The zero-order valence-corrected chi connectivity index (χ0v) is 14.3. The van der Waals surface area contributed by atoms with Gasteiger partial charge >= 0.3 is 0 Å². The van der Waals surface area contributed by atoms with Gasteiger partial charge in [0.05, 0.1) is 17.8 Å². The molecule has 0 spiro atoms. The maximum atomic E-state index is 13.6. The number of carbonyl (C=O) groups is 2. The summed E-state index contributed by atoms with van der Waals surface area (Å²) in [6.45, 7) is 3.95. The molecule has 1 aromatic carbocycles. The first-order valence-corrected chi connectivity index (χ1v) is 8.10. The van der Waals surface area contributed by atoms with E-state index in [0.717, 1.165) is 18.3 Å². The second-order valence-electron chi connectivity index (χ2n) is 6.40. The number of carbonyl (C=O) groups excluding carboxylic acids is 2. The third-order valence-electron chi connectivity index (χ3n) is 4.52. The van der Waals surface area contributed by atoms with Crippen molar-refractivity contribution in [3.8, 4) is 0 Å². The summed E-state index contributed by atoms with van der Waals surface area (Å²) in [6, 6.07) is 3.74. The van der Waals surface area contributed by atoms with Crippen LogP contribution in [0.25, 0.3) is 0 Å². The molecule has 1 heterocycles. The van der Waals surface area contributed by atoms with Crippen LogP contribution < -0.4 is 10.6 Å². The standard InChI is InChI=1S/C17H20FN5O2/c1-9-6-12(9)17(25)20-14-5-4-11(18)7-13(14)16(24)19-8-15-22-21-10(2)23(15)3/h4-5,7,9,12H,6,8H2,1-3H3,(H,19,24)(H,20,25)/t9-,12+/m0/s1. The van der Waals surface area contributed by atoms with Crippen molar-refractivity contribution >= 4 is 17.5 Å². The van der Waals surface area contributed by atoms with Gasteiger partial charge < -0.3 is 15.2 Å². The maximum absolute atomic E-state index is 13.6. The summed E-state index contributed by atoms with van der Waals surface area (Å²) < 4.78 is 15.3. The number of aryl methyl sites for hydroxylation is 1. The lowest BCUT2D eigenvalue weighted by atomic mass is 10.1. The number of aromatic nitrogens is 3. The monoisotopic (exact) mass is 345 g/mol. The van der Waals surface area contributed by atoms with E-state index in [-0.39, 0.29) is 23.9 Å². The van der Waals surface area contributed by atoms with E-state index < -0.39 is 11.7 Å². The molecular formula is C17H20FN5O2. The lowest BCUT2D eigenvalue weighted by molar-refractivity contribution is -0.117. The topological polar surface area (TPSA) is 88.9 Å². The molecule has 7 nitrogen and oxygen atoms in total. The minimum absolute atomic E-state index is 0.0393. The second kappa shape index (κ2) is 6.62. The molecule has 2 amide bonds. The van der Waals surface area contributed by atoms with Gasteiger partial charge in [-0.1, -0.05) is 6.92 Å². The van der Waals surface area contributed by atoms with Crippen LogP contribution in [0.1, 0.15) is 35.4 Å². The Kier molecular flexibility index (Phi) is 4.52. The predicted molar refractivity (Wildman–Crippen MR) is 89.2 cm³/mol. The molecule has 3 rings (SSSR count). The highest BCUT2D eigenvalue weighted by Crippen LogP contribution is 2.38. The molecule has 0 saturated heterocycles. The van der Waals surface area contributed by atoms with Crippen molar-refractivity contribution in [2.24, 2.45) is 18.9 Å². The third kappa shape index (κ3) is 3.67. The Morgan fingerprint density at radius 2 is 2.08 bits per heavy atom. The van der Waals surface area contributed by atoms with Crippen LogP contribution in [0.3, 0.4) is 0 Å². The summed E-state index contributed by atoms with van der Waals surface area (Å²) in [5.74, 6) is 0.439. The van der Waals surface area contributed by atoms with Crippen molar-refractivity contribution in [1.82, 2.24) is 20.1 Å². The number of benzene rings is 1. The van der Waals surface area contributed by atoms with E-state index in [9.17, 15) is 14.0 Å². The average Bonchev–Trinajstić information content (AvgIpc) is 3.23. The van der Waals surface area contributed by atoms with Gasteiger partial charge in [0, 0.05) is 13.0 Å². The highest BCUT2D eigenvalue weighted by Gasteiger charge is 2.39. The van der Waals surface area contributed by atoms with Gasteiger partial charge in [0.2, 0.25) is 5.91 Å². The molecule has 0 unspecified atom stereocenters. The molecular weight excluding hydrogens is 325 g/mol. The average molecular weight is 345 g/mol. The number of amides is 2. The molecule has 1 aliphatic rings. The van der Waals surface area contributed by atoms with Crippen LogP contribution in [0.2, 0.25) is 0 Å². The molecule has 2 aromatic rings. The Balaban J connectivity index is 1.73. The number of nitrogens with one attached hydrogen (secondary N) is 2. The molecule has 0 bridgehead atoms. The summed E-state index contributed by atoms with van der Waals surface area (Å²) >= 11 is 0. The van der Waals surface area contributed by atoms with Crippen molar-refractivity contribution in [1.29, 1.82) is 0 Å². The summed E-state index contributed by atoms with van der Waals surface area (Å²) in [6.07, 6.45) is 0.833. The van der Waals surface area contributed by atoms with E-state index in [4.69, 9.17) is 0 Å². The highest BCUT2D eigenvalue weighted by atomic mass is 19.1. The van der Waals surface area contributed by atoms with Gasteiger partial charge in [-0.2, -0.15) is 0 Å². The van der Waals surface area contributed by atoms with Gasteiger partial charge in [0.15, 0.2) is 5.82 Å². The van der Waals surface area contributed by atoms with Crippen molar-refractivity contribution < 1.29 is 14.0 Å². The molecule has 0 aliphatic heterocycles. The van der Waals surface area contributed by atoms with Gasteiger partial charge in [0.1, 0.15) is 11.6 Å². The Hall–Kier alpha value is -2.77. The molecule has 1 saturated carbocycles. The molecule has 1 aliphatic carbocycles. The summed E-state index contributed by atoms with van der Waals surface area (Å²) in [7, 11) is 1.79. The Morgan fingerprint density at radius 1 is 1.36 bits per heavy atom. The SMILES string of the molecule is Cc1nnc(CNC(=O)c2cc(F)ccc2NC(=O)[C@@H]2C[C@@H]2C)n1C. The van der Waals surface area contributed by atoms with Crippen molar-refractivity contribution in [2.75, 3.05) is 5.32 Å². The molecule has 1 fully saturated rings. The van der Waals surface area contributed by atoms with Crippen LogP contribution in [0.5, 0.6) is 0 Å². The van der Waals surface area contributed by atoms with Crippen LogP contribution in [-0.2, 0) is 18.4 Å². The Labute approximate surface area is 144 Å². The second-order valence-corrected chi connectivity index (χ2v) is 6.40. The van der Waals surface area contributed by atoms with Gasteiger partial charge in [-0.05, 0) is 37.5 Å². The predicted octanol–water partition coefficient (Wildman–Crippen LogP) is 1.79. The van der Waals surface area contributed by atoms with E-state index >= 15 is 0 Å². The lowest BCUT2D eigenvalue weighted by Crippen LogP contribution is -2.26. The minimum atomic E-state index is -0.544. The molecule has 132 valence electrons. The number of nitrogens with zero attached hydrogens (tertiary/aromatic N) is 3. The molecule has 25 heavy (non-hydrogen) atoms. The van der Waals surface area contributed by atoms with E-state index in [1.165, 1.54) is 12.1 Å². The zero-order valence-electron chi connectivity index (χ0n) is 14.3. The fraction of sp³-hybridized carbons (Fsp3) is 0.412. The van der Waals surface area contributed by atoms with Crippen LogP contribution in [0.15, 0.2) is 18.2 Å². The third-order valence-corrected chi connectivity index (χ3v) is 4.52. The molecule has 0 radical (unpaired) electrons. The summed E-state index contributed by atoms with van der Waals surface area (Å²) in [4.78, 5) is 24.6. The van der Waals surface area contributed by atoms with Gasteiger partial charge in [-0.15, -0.1) is 10.2 Å². The fourth-order valence-electron chi connectivity index (χ4n) is 2.59. The Bertz CT molecular complexity index is 832.